The lowest BCUT2D eigenvalue weighted by atomic mass is 9.98. The number of anilines is 1. The number of likely N-dealkylation sites (tertiary alicyclic amines) is 1. The maximum atomic E-state index is 12.4. The van der Waals surface area contributed by atoms with Crippen LogP contribution in [0.2, 0.25) is 5.02 Å². The molecule has 32 heavy (non-hydrogen) atoms. The molecule has 1 aliphatic rings. The van der Waals surface area contributed by atoms with Crippen molar-refractivity contribution in [3.8, 4) is 0 Å². The molecule has 2 amide bonds. The van der Waals surface area contributed by atoms with Gasteiger partial charge in [0.05, 0.1) is 12.3 Å². The molecule has 3 rings (SSSR count). The van der Waals surface area contributed by atoms with Gasteiger partial charge in [0.25, 0.3) is 0 Å². The molecule has 0 aromatic heterocycles. The number of rotatable bonds is 5. The van der Waals surface area contributed by atoms with Crippen LogP contribution in [0.15, 0.2) is 58.3 Å². The van der Waals surface area contributed by atoms with E-state index < -0.39 is 11.7 Å². The van der Waals surface area contributed by atoms with E-state index in [9.17, 15) is 9.59 Å². The molecular weight excluding hydrogens is 448 g/mol. The van der Waals surface area contributed by atoms with Crippen molar-refractivity contribution in [2.24, 2.45) is 5.92 Å². The molecule has 0 radical (unpaired) electrons. The number of nitrogens with zero attached hydrogens (tertiary/aromatic N) is 1. The Morgan fingerprint density at radius 2 is 1.75 bits per heavy atom. The van der Waals surface area contributed by atoms with Crippen molar-refractivity contribution < 1.29 is 19.1 Å². The van der Waals surface area contributed by atoms with E-state index >= 15 is 0 Å². The number of amides is 2. The van der Waals surface area contributed by atoms with Crippen LogP contribution in [-0.4, -0.2) is 42.4 Å². The molecule has 1 heterocycles. The molecule has 0 spiro atoms. The van der Waals surface area contributed by atoms with Gasteiger partial charge in [-0.3, -0.25) is 5.32 Å². The second-order valence-electron chi connectivity index (χ2n) is 8.69. The predicted octanol–water partition coefficient (Wildman–Crippen LogP) is 6.69. The van der Waals surface area contributed by atoms with Gasteiger partial charge in [-0.2, -0.15) is 0 Å². The average molecular weight is 477 g/mol. The van der Waals surface area contributed by atoms with Crippen LogP contribution in [0.25, 0.3) is 0 Å². The lowest BCUT2D eigenvalue weighted by Gasteiger charge is -2.33. The topological polar surface area (TPSA) is 67.9 Å². The van der Waals surface area contributed by atoms with Crippen LogP contribution in [-0.2, 0) is 9.47 Å². The Balaban J connectivity index is 1.46. The Hall–Kier alpha value is -2.38. The standard InChI is InChI=1S/C24H29ClN2O4S/c1-24(2,3)31-23(29)27-14-12-17(13-15-27)16-30-22(28)26-20-6-4-5-7-21(20)32-19-10-8-18(25)9-11-19/h4-11,17H,12-16H2,1-3H3,(H,26,28). The fourth-order valence-electron chi connectivity index (χ4n) is 3.24. The van der Waals surface area contributed by atoms with Crippen LogP contribution < -0.4 is 5.32 Å². The zero-order chi connectivity index (χ0) is 23.1. The summed E-state index contributed by atoms with van der Waals surface area (Å²) in [6.07, 6.45) is 0.776. The number of para-hydroxylation sites is 1. The Morgan fingerprint density at radius 1 is 1.09 bits per heavy atom. The first-order chi connectivity index (χ1) is 15.2. The number of benzene rings is 2. The number of hydrogen-bond acceptors (Lipinski definition) is 5. The molecule has 0 atom stereocenters. The van der Waals surface area contributed by atoms with E-state index in [1.165, 1.54) is 11.8 Å². The summed E-state index contributed by atoms with van der Waals surface area (Å²) >= 11 is 7.49. The van der Waals surface area contributed by atoms with E-state index in [4.69, 9.17) is 21.1 Å². The highest BCUT2D eigenvalue weighted by Gasteiger charge is 2.27. The number of halogens is 1. The second kappa shape index (κ2) is 11.0. The summed E-state index contributed by atoms with van der Waals surface area (Å²) in [5.41, 5.74) is 0.189. The summed E-state index contributed by atoms with van der Waals surface area (Å²) in [7, 11) is 0. The average Bonchev–Trinajstić information content (AvgIpc) is 2.74. The van der Waals surface area contributed by atoms with Crippen molar-refractivity contribution in [3.63, 3.8) is 0 Å². The van der Waals surface area contributed by atoms with E-state index in [1.54, 1.807) is 4.90 Å². The van der Waals surface area contributed by atoms with E-state index in [0.717, 1.165) is 22.6 Å². The van der Waals surface area contributed by atoms with Crippen molar-refractivity contribution in [2.75, 3.05) is 25.0 Å². The first-order valence-corrected chi connectivity index (χ1v) is 11.8. The zero-order valence-electron chi connectivity index (χ0n) is 18.6. The summed E-state index contributed by atoms with van der Waals surface area (Å²) in [4.78, 5) is 28.2. The summed E-state index contributed by atoms with van der Waals surface area (Å²) in [6.45, 7) is 7.10. The van der Waals surface area contributed by atoms with Gasteiger partial charge in [0.2, 0.25) is 0 Å². The maximum absolute atomic E-state index is 12.4. The number of hydrogen-bond donors (Lipinski definition) is 1. The SMILES string of the molecule is CC(C)(C)OC(=O)N1CCC(COC(=O)Nc2ccccc2Sc2ccc(Cl)cc2)CC1. The molecule has 8 heteroatoms. The highest BCUT2D eigenvalue weighted by atomic mass is 35.5. The van der Waals surface area contributed by atoms with E-state index in [-0.39, 0.29) is 12.0 Å². The van der Waals surface area contributed by atoms with Crippen LogP contribution >= 0.6 is 23.4 Å². The minimum absolute atomic E-state index is 0.220. The van der Waals surface area contributed by atoms with E-state index in [1.807, 2.05) is 69.3 Å². The van der Waals surface area contributed by atoms with Crippen LogP contribution in [0.4, 0.5) is 15.3 Å². The molecular formula is C24H29ClN2O4S. The third-order valence-electron chi connectivity index (χ3n) is 4.88. The number of nitrogens with one attached hydrogen (secondary N) is 1. The Kier molecular flexibility index (Phi) is 8.32. The highest BCUT2D eigenvalue weighted by Crippen LogP contribution is 2.34. The van der Waals surface area contributed by atoms with Crippen LogP contribution in [0.3, 0.4) is 0 Å². The van der Waals surface area contributed by atoms with Crippen molar-refractivity contribution >= 4 is 41.2 Å². The molecule has 1 aliphatic heterocycles. The van der Waals surface area contributed by atoms with Crippen LogP contribution in [0.5, 0.6) is 0 Å². The van der Waals surface area contributed by atoms with Crippen molar-refractivity contribution in [1.82, 2.24) is 4.90 Å². The molecule has 2 aromatic rings. The van der Waals surface area contributed by atoms with Crippen molar-refractivity contribution in [1.29, 1.82) is 0 Å². The van der Waals surface area contributed by atoms with Gasteiger partial charge < -0.3 is 14.4 Å². The lowest BCUT2D eigenvalue weighted by molar-refractivity contribution is 0.0153. The largest absolute Gasteiger partial charge is 0.449 e. The van der Waals surface area contributed by atoms with Gasteiger partial charge in [-0.1, -0.05) is 35.5 Å². The summed E-state index contributed by atoms with van der Waals surface area (Å²) < 4.78 is 10.9. The number of carbonyl (C=O) groups is 2. The van der Waals surface area contributed by atoms with Crippen LogP contribution in [0.1, 0.15) is 33.6 Å². The van der Waals surface area contributed by atoms with Gasteiger partial charge >= 0.3 is 12.2 Å². The van der Waals surface area contributed by atoms with Crippen molar-refractivity contribution in [2.45, 2.75) is 49.0 Å². The highest BCUT2D eigenvalue weighted by molar-refractivity contribution is 7.99. The monoisotopic (exact) mass is 476 g/mol. The van der Waals surface area contributed by atoms with E-state index in [2.05, 4.69) is 5.32 Å². The fourth-order valence-corrected chi connectivity index (χ4v) is 4.26. The molecule has 6 nitrogen and oxygen atoms in total. The first kappa shape index (κ1) is 24.3. The number of ether oxygens (including phenoxy) is 2. The summed E-state index contributed by atoms with van der Waals surface area (Å²) in [6, 6.07) is 15.1. The van der Waals surface area contributed by atoms with Gasteiger partial charge in [-0.05, 0) is 75.9 Å². The van der Waals surface area contributed by atoms with Gasteiger partial charge in [-0.25, -0.2) is 9.59 Å². The molecule has 0 aliphatic carbocycles. The number of piperidine rings is 1. The predicted molar refractivity (Wildman–Crippen MR) is 128 cm³/mol. The van der Waals surface area contributed by atoms with Gasteiger partial charge in [0.15, 0.2) is 0 Å². The van der Waals surface area contributed by atoms with Crippen molar-refractivity contribution in [3.05, 3.63) is 53.6 Å². The molecule has 1 saturated heterocycles. The quantitative estimate of drug-likeness (QED) is 0.520. The first-order valence-electron chi connectivity index (χ1n) is 10.6. The summed E-state index contributed by atoms with van der Waals surface area (Å²) in [5.74, 6) is 0.220. The molecule has 1 fully saturated rings. The van der Waals surface area contributed by atoms with Gasteiger partial charge in [-0.15, -0.1) is 0 Å². The molecule has 0 unspecified atom stereocenters. The Bertz CT molecular complexity index is 922. The molecule has 0 bridgehead atoms. The lowest BCUT2D eigenvalue weighted by Crippen LogP contribution is -2.42. The minimum atomic E-state index is -0.503. The third-order valence-corrected chi connectivity index (χ3v) is 6.22. The smallest absolute Gasteiger partial charge is 0.411 e. The Labute approximate surface area is 198 Å². The zero-order valence-corrected chi connectivity index (χ0v) is 20.2. The number of carbonyl (C=O) groups excluding carboxylic acids is 2. The van der Waals surface area contributed by atoms with Gasteiger partial charge in [0, 0.05) is 27.9 Å². The molecule has 172 valence electrons. The maximum Gasteiger partial charge on any atom is 0.411 e. The fraction of sp³-hybridized carbons (Fsp3) is 0.417. The van der Waals surface area contributed by atoms with Gasteiger partial charge in [0.1, 0.15) is 5.60 Å². The molecule has 1 N–H and O–H groups in total. The van der Waals surface area contributed by atoms with E-state index in [0.29, 0.717) is 30.4 Å². The Morgan fingerprint density at radius 3 is 2.41 bits per heavy atom. The third kappa shape index (κ3) is 7.64. The summed E-state index contributed by atoms with van der Waals surface area (Å²) in [5, 5.41) is 3.52. The minimum Gasteiger partial charge on any atom is -0.449 e. The van der Waals surface area contributed by atoms with Crippen LogP contribution in [0, 0.1) is 5.92 Å². The second-order valence-corrected chi connectivity index (χ2v) is 10.2. The molecule has 2 aromatic carbocycles. The molecule has 0 saturated carbocycles. The normalized spacial score (nSPS) is 14.7.